The van der Waals surface area contributed by atoms with Crippen LogP contribution in [0.15, 0.2) is 16.6 Å². The highest BCUT2D eigenvalue weighted by Crippen LogP contribution is 2.30. The van der Waals surface area contributed by atoms with E-state index >= 15 is 0 Å². The van der Waals surface area contributed by atoms with Gasteiger partial charge in [-0.1, -0.05) is 5.16 Å². The van der Waals surface area contributed by atoms with Gasteiger partial charge in [0.15, 0.2) is 5.71 Å². The molecule has 7 heteroatoms. The summed E-state index contributed by atoms with van der Waals surface area (Å²) in [4.78, 5) is 23.8. The number of carbonyl (C=O) groups is 1. The van der Waals surface area contributed by atoms with Gasteiger partial charge in [0.25, 0.3) is 5.91 Å². The molecule has 3 aliphatic rings. The molecule has 1 aromatic heterocycles. The second-order valence-corrected chi connectivity index (χ2v) is 7.35. The molecule has 2 saturated heterocycles. The van der Waals surface area contributed by atoms with Crippen LogP contribution in [0.4, 0.5) is 0 Å². The van der Waals surface area contributed by atoms with E-state index in [1.807, 2.05) is 4.90 Å². The monoisotopic (exact) mass is 335 g/mol. The van der Waals surface area contributed by atoms with Crippen molar-refractivity contribution in [1.82, 2.24) is 9.80 Å². The molecule has 0 spiro atoms. The number of likely N-dealkylation sites (tertiary alicyclic amines) is 1. The molecule has 2 atom stereocenters. The Morgan fingerprint density at radius 1 is 1.39 bits per heavy atom. The molecule has 1 aromatic rings. The van der Waals surface area contributed by atoms with Gasteiger partial charge in [0.2, 0.25) is 0 Å². The molecule has 1 amide bonds. The molecular weight excluding hydrogens is 314 g/mol. The van der Waals surface area contributed by atoms with E-state index in [-0.39, 0.29) is 17.9 Å². The summed E-state index contributed by atoms with van der Waals surface area (Å²) in [7, 11) is 0. The number of morpholine rings is 1. The third-order valence-electron chi connectivity index (χ3n) is 4.83. The zero-order chi connectivity index (χ0) is 15.8. The van der Waals surface area contributed by atoms with Crippen LogP contribution in [0.3, 0.4) is 0 Å². The van der Waals surface area contributed by atoms with Crippen LogP contribution in [0, 0.1) is 12.8 Å². The van der Waals surface area contributed by atoms with Crippen LogP contribution in [0.25, 0.3) is 0 Å². The first kappa shape index (κ1) is 15.1. The van der Waals surface area contributed by atoms with Gasteiger partial charge in [-0.15, -0.1) is 11.3 Å². The maximum atomic E-state index is 12.7. The predicted octanol–water partition coefficient (Wildman–Crippen LogP) is 1.10. The van der Waals surface area contributed by atoms with Gasteiger partial charge in [0.05, 0.1) is 19.1 Å². The lowest BCUT2D eigenvalue weighted by molar-refractivity contribution is -0.128. The number of thiophene rings is 1. The van der Waals surface area contributed by atoms with Crippen molar-refractivity contribution in [3.63, 3.8) is 0 Å². The van der Waals surface area contributed by atoms with Crippen LogP contribution in [-0.4, -0.2) is 66.9 Å². The lowest BCUT2D eigenvalue weighted by atomic mass is 10.00. The van der Waals surface area contributed by atoms with Crippen LogP contribution in [-0.2, 0) is 20.9 Å². The van der Waals surface area contributed by atoms with Crippen molar-refractivity contribution in [1.29, 1.82) is 0 Å². The van der Waals surface area contributed by atoms with Crippen LogP contribution >= 0.6 is 11.3 Å². The Hall–Kier alpha value is -1.44. The molecule has 0 bridgehead atoms. The zero-order valence-electron chi connectivity index (χ0n) is 13.2. The molecule has 2 fully saturated rings. The highest BCUT2D eigenvalue weighted by molar-refractivity contribution is 7.10. The molecule has 124 valence electrons. The molecule has 0 N–H and O–H groups in total. The molecule has 23 heavy (non-hydrogen) atoms. The topological polar surface area (TPSA) is 54.4 Å². The van der Waals surface area contributed by atoms with Crippen LogP contribution in [0.2, 0.25) is 0 Å². The molecule has 4 heterocycles. The Kier molecular flexibility index (Phi) is 4.09. The number of ether oxygens (including phenoxy) is 1. The second kappa shape index (κ2) is 6.22. The number of hydrogen-bond donors (Lipinski definition) is 0. The van der Waals surface area contributed by atoms with Gasteiger partial charge in [-0.3, -0.25) is 9.69 Å². The van der Waals surface area contributed by atoms with Crippen molar-refractivity contribution < 1.29 is 14.4 Å². The summed E-state index contributed by atoms with van der Waals surface area (Å²) < 4.78 is 5.31. The molecule has 0 aromatic carbocycles. The highest BCUT2D eigenvalue weighted by atomic mass is 32.1. The maximum Gasteiger partial charge on any atom is 0.272 e. The molecule has 3 aliphatic heterocycles. The van der Waals surface area contributed by atoms with Gasteiger partial charge >= 0.3 is 0 Å². The molecule has 4 rings (SSSR count). The fourth-order valence-corrected chi connectivity index (χ4v) is 4.39. The SMILES string of the molecule is Cc1ccsc1CN1C[C@@H]2C(C(=O)N3CCOCC3)=NO[C@@H]2C1. The lowest BCUT2D eigenvalue weighted by Crippen LogP contribution is -2.46. The number of oxime groups is 1. The number of rotatable bonds is 3. The van der Waals surface area contributed by atoms with Gasteiger partial charge in [0, 0.05) is 37.6 Å². The van der Waals surface area contributed by atoms with Crippen LogP contribution in [0.5, 0.6) is 0 Å². The fourth-order valence-electron chi connectivity index (χ4n) is 3.44. The summed E-state index contributed by atoms with van der Waals surface area (Å²) >= 11 is 1.79. The highest BCUT2D eigenvalue weighted by Gasteiger charge is 2.45. The first-order valence-corrected chi connectivity index (χ1v) is 8.96. The van der Waals surface area contributed by atoms with Crippen molar-refractivity contribution in [2.45, 2.75) is 19.6 Å². The Morgan fingerprint density at radius 3 is 2.96 bits per heavy atom. The Morgan fingerprint density at radius 2 is 2.22 bits per heavy atom. The van der Waals surface area contributed by atoms with Gasteiger partial charge < -0.3 is 14.5 Å². The molecule has 0 aliphatic carbocycles. The lowest BCUT2D eigenvalue weighted by Gasteiger charge is -2.27. The normalized spacial score (nSPS) is 27.7. The van der Waals surface area contributed by atoms with Crippen molar-refractivity contribution in [2.75, 3.05) is 39.4 Å². The van der Waals surface area contributed by atoms with Crippen molar-refractivity contribution in [2.24, 2.45) is 11.1 Å². The van der Waals surface area contributed by atoms with E-state index < -0.39 is 0 Å². The van der Waals surface area contributed by atoms with E-state index in [0.717, 1.165) is 19.6 Å². The average molecular weight is 335 g/mol. The average Bonchev–Trinajstić information content (AvgIpc) is 3.25. The summed E-state index contributed by atoms with van der Waals surface area (Å²) in [6.07, 6.45) is 0.0234. The summed E-state index contributed by atoms with van der Waals surface area (Å²) in [5, 5.41) is 6.24. The van der Waals surface area contributed by atoms with E-state index in [2.05, 4.69) is 28.4 Å². The van der Waals surface area contributed by atoms with Crippen molar-refractivity contribution >= 4 is 23.0 Å². The minimum Gasteiger partial charge on any atom is -0.390 e. The third-order valence-corrected chi connectivity index (χ3v) is 5.84. The summed E-state index contributed by atoms with van der Waals surface area (Å²) in [6, 6.07) is 2.16. The Balaban J connectivity index is 1.41. The van der Waals surface area contributed by atoms with Crippen molar-refractivity contribution in [3.8, 4) is 0 Å². The summed E-state index contributed by atoms with van der Waals surface area (Å²) in [5.41, 5.74) is 1.94. The van der Waals surface area contributed by atoms with Gasteiger partial charge in [-0.2, -0.15) is 0 Å². The molecule has 0 saturated carbocycles. The number of carbonyl (C=O) groups excluding carboxylic acids is 1. The largest absolute Gasteiger partial charge is 0.390 e. The summed E-state index contributed by atoms with van der Waals surface area (Å²) in [5.74, 6) is 0.126. The summed E-state index contributed by atoms with van der Waals surface area (Å²) in [6.45, 7) is 7.27. The number of hydrogen-bond acceptors (Lipinski definition) is 6. The van der Waals surface area contributed by atoms with E-state index in [0.29, 0.717) is 32.0 Å². The van der Waals surface area contributed by atoms with Crippen LogP contribution < -0.4 is 0 Å². The molecule has 0 unspecified atom stereocenters. The first-order chi connectivity index (χ1) is 11.2. The standard InChI is InChI=1S/C16H21N3O3S/c1-11-2-7-23-14(11)10-18-8-12-13(9-18)22-17-15(12)16(20)19-3-5-21-6-4-19/h2,7,12-13H,3-6,8-10H2,1H3/t12-,13+/m0/s1. The molecule has 6 nitrogen and oxygen atoms in total. The maximum absolute atomic E-state index is 12.7. The minimum atomic E-state index is 0.0231. The number of aryl methyl sites for hydroxylation is 1. The minimum absolute atomic E-state index is 0.0231. The Labute approximate surface area is 139 Å². The zero-order valence-corrected chi connectivity index (χ0v) is 14.1. The van der Waals surface area contributed by atoms with Gasteiger partial charge in [-0.25, -0.2) is 0 Å². The van der Waals surface area contributed by atoms with Gasteiger partial charge in [-0.05, 0) is 23.9 Å². The van der Waals surface area contributed by atoms with E-state index in [1.54, 1.807) is 11.3 Å². The number of nitrogens with zero attached hydrogens (tertiary/aromatic N) is 3. The molecule has 0 radical (unpaired) electrons. The fraction of sp³-hybridized carbons (Fsp3) is 0.625. The smallest absolute Gasteiger partial charge is 0.272 e. The third kappa shape index (κ3) is 2.88. The van der Waals surface area contributed by atoms with Crippen molar-refractivity contribution in [3.05, 3.63) is 21.9 Å². The molecular formula is C16H21N3O3S. The van der Waals surface area contributed by atoms with E-state index in [9.17, 15) is 4.79 Å². The second-order valence-electron chi connectivity index (χ2n) is 6.35. The predicted molar refractivity (Wildman–Crippen MR) is 87.5 cm³/mol. The van der Waals surface area contributed by atoms with E-state index in [4.69, 9.17) is 9.57 Å². The Bertz CT molecular complexity index is 624. The number of amides is 1. The first-order valence-electron chi connectivity index (χ1n) is 8.08. The number of fused-ring (bicyclic) bond motifs is 1. The van der Waals surface area contributed by atoms with Crippen LogP contribution in [0.1, 0.15) is 10.4 Å². The van der Waals surface area contributed by atoms with Gasteiger partial charge in [0.1, 0.15) is 6.10 Å². The van der Waals surface area contributed by atoms with E-state index in [1.165, 1.54) is 10.4 Å². The quantitative estimate of drug-likeness (QED) is 0.830.